The average molecular weight is 424 g/mol. The topological polar surface area (TPSA) is 36.1 Å². The predicted molar refractivity (Wildman–Crippen MR) is 86.8 cm³/mol. The van der Waals surface area contributed by atoms with Crippen LogP contribution in [0.2, 0.25) is 0 Å². The predicted octanol–water partition coefficient (Wildman–Crippen LogP) is 5.21. The van der Waals surface area contributed by atoms with Crippen molar-refractivity contribution in [3.8, 4) is 11.3 Å². The summed E-state index contributed by atoms with van der Waals surface area (Å²) in [5, 5.41) is 0. The van der Waals surface area contributed by atoms with E-state index < -0.39 is 48.4 Å². The molecule has 29 heavy (non-hydrogen) atoms. The summed E-state index contributed by atoms with van der Waals surface area (Å²) in [7, 11) is 0. The number of rotatable bonds is 3. The highest BCUT2D eigenvalue weighted by molar-refractivity contribution is 5.92. The van der Waals surface area contributed by atoms with Crippen molar-refractivity contribution in [2.45, 2.75) is 18.3 Å². The van der Waals surface area contributed by atoms with E-state index in [9.17, 15) is 39.9 Å². The second kappa shape index (κ2) is 6.89. The van der Waals surface area contributed by atoms with Gasteiger partial charge in [0.25, 0.3) is 5.92 Å². The van der Waals surface area contributed by atoms with Crippen molar-refractivity contribution in [1.82, 2.24) is 9.88 Å². The molecule has 0 bridgehead atoms. The molecule has 1 saturated heterocycles. The number of nitrogens with zero attached hydrogens (tertiary/aromatic N) is 1. The number of aromatic nitrogens is 1. The maximum atomic E-state index is 13.0. The zero-order valence-corrected chi connectivity index (χ0v) is 14.3. The third-order valence-electron chi connectivity index (χ3n) is 4.18. The lowest BCUT2D eigenvalue weighted by atomic mass is 10.0. The number of alkyl halides is 8. The first-order valence-electron chi connectivity index (χ1n) is 8.08. The number of hydrogen-bond acceptors (Lipinski definition) is 1. The van der Waals surface area contributed by atoms with E-state index in [1.165, 1.54) is 18.3 Å². The number of nitrogens with one attached hydrogen (secondary N) is 1. The van der Waals surface area contributed by atoms with E-state index in [1.807, 2.05) is 0 Å². The lowest BCUT2D eigenvalue weighted by molar-refractivity contribution is -0.160. The molecule has 0 atom stereocenters. The first kappa shape index (κ1) is 20.9. The first-order valence-corrected chi connectivity index (χ1v) is 8.08. The fourth-order valence-corrected chi connectivity index (χ4v) is 2.73. The molecule has 1 N–H and O–H groups in total. The Morgan fingerprint density at radius 3 is 2.00 bits per heavy atom. The van der Waals surface area contributed by atoms with E-state index in [-0.39, 0.29) is 22.9 Å². The van der Waals surface area contributed by atoms with Crippen LogP contribution in [0.5, 0.6) is 0 Å². The fourth-order valence-electron chi connectivity index (χ4n) is 2.73. The van der Waals surface area contributed by atoms with Crippen LogP contribution in [0.1, 0.15) is 16.7 Å². The molecule has 3 nitrogen and oxygen atoms in total. The smallest absolute Gasteiger partial charge is 0.361 e. The molecule has 1 fully saturated rings. The van der Waals surface area contributed by atoms with Gasteiger partial charge in [-0.1, -0.05) is 0 Å². The van der Waals surface area contributed by atoms with E-state index in [2.05, 4.69) is 4.98 Å². The van der Waals surface area contributed by atoms with Crippen LogP contribution in [0.25, 0.3) is 17.3 Å². The SMILES string of the molecule is O=C(C=Cc1c[nH]c(-c2cc(C(F)(F)F)cc(C(F)(F)F)c2)c1)N1CC(F)(F)C1. The molecule has 0 aliphatic carbocycles. The standard InChI is InChI=1S/C18H12F8N2O/c19-16(20)8-28(9-16)15(29)2-1-10-3-14(27-7-10)11-4-12(17(21,22)23)6-13(5-11)18(24,25)26/h1-7,27H,8-9H2. The number of carbonyl (C=O) groups excluding carboxylic acids is 1. The van der Waals surface area contributed by atoms with E-state index in [1.54, 1.807) is 0 Å². The Balaban J connectivity index is 1.84. The van der Waals surface area contributed by atoms with Crippen molar-refractivity contribution in [2.24, 2.45) is 0 Å². The van der Waals surface area contributed by atoms with Gasteiger partial charge in [-0.05, 0) is 41.5 Å². The maximum absolute atomic E-state index is 13.0. The van der Waals surface area contributed by atoms with Crippen molar-refractivity contribution < 1.29 is 39.9 Å². The van der Waals surface area contributed by atoms with Crippen LogP contribution in [0.3, 0.4) is 0 Å². The second-order valence-corrected chi connectivity index (χ2v) is 6.52. The molecule has 0 spiro atoms. The Morgan fingerprint density at radius 2 is 1.52 bits per heavy atom. The summed E-state index contributed by atoms with van der Waals surface area (Å²) in [5.41, 5.74) is -3.03. The monoisotopic (exact) mass is 424 g/mol. The molecule has 156 valence electrons. The third kappa shape index (κ3) is 4.77. The van der Waals surface area contributed by atoms with E-state index in [0.29, 0.717) is 12.1 Å². The molecular formula is C18H12F8N2O. The minimum atomic E-state index is -4.98. The number of likely N-dealkylation sites (tertiary alicyclic amines) is 1. The Morgan fingerprint density at radius 1 is 0.966 bits per heavy atom. The van der Waals surface area contributed by atoms with E-state index in [0.717, 1.165) is 11.0 Å². The summed E-state index contributed by atoms with van der Waals surface area (Å²) in [5.74, 6) is -3.61. The molecule has 1 aliphatic heterocycles. The van der Waals surface area contributed by atoms with Crippen LogP contribution in [0.15, 0.2) is 36.5 Å². The lowest BCUT2D eigenvalue weighted by Crippen LogP contribution is -2.57. The summed E-state index contributed by atoms with van der Waals surface area (Å²) in [6, 6.07) is 2.41. The number of aromatic amines is 1. The minimum Gasteiger partial charge on any atom is -0.361 e. The summed E-state index contributed by atoms with van der Waals surface area (Å²) in [6.45, 7) is -1.42. The molecule has 0 unspecified atom stereocenters. The maximum Gasteiger partial charge on any atom is 0.416 e. The van der Waals surface area contributed by atoms with Crippen molar-refractivity contribution in [3.63, 3.8) is 0 Å². The molecule has 1 amide bonds. The van der Waals surface area contributed by atoms with Crippen LogP contribution in [0.4, 0.5) is 35.1 Å². The second-order valence-electron chi connectivity index (χ2n) is 6.52. The van der Waals surface area contributed by atoms with Crippen LogP contribution in [0, 0.1) is 0 Å². The number of amides is 1. The van der Waals surface area contributed by atoms with Crippen LogP contribution < -0.4 is 0 Å². The molecule has 1 aliphatic rings. The molecule has 3 rings (SSSR count). The quantitative estimate of drug-likeness (QED) is 0.533. The Hall–Kier alpha value is -2.85. The molecule has 2 heterocycles. The first-order chi connectivity index (χ1) is 13.2. The van der Waals surface area contributed by atoms with Gasteiger partial charge in [0.2, 0.25) is 5.91 Å². The van der Waals surface area contributed by atoms with E-state index >= 15 is 0 Å². The summed E-state index contributed by atoms with van der Waals surface area (Å²) < 4.78 is 103. The Bertz CT molecular complexity index is 915. The molecule has 0 saturated carbocycles. The normalized spacial score (nSPS) is 16.9. The molecule has 1 aromatic heterocycles. The van der Waals surface area contributed by atoms with Crippen molar-refractivity contribution >= 4 is 12.0 Å². The summed E-state index contributed by atoms with van der Waals surface area (Å²) in [6.07, 6.45) is -6.47. The van der Waals surface area contributed by atoms with Gasteiger partial charge in [0.05, 0.1) is 24.2 Å². The van der Waals surface area contributed by atoms with Crippen molar-refractivity contribution in [3.05, 3.63) is 53.2 Å². The third-order valence-corrected chi connectivity index (χ3v) is 4.18. The van der Waals surface area contributed by atoms with Gasteiger partial charge in [-0.15, -0.1) is 0 Å². The van der Waals surface area contributed by atoms with Gasteiger partial charge in [0.15, 0.2) is 0 Å². The van der Waals surface area contributed by atoms with E-state index in [4.69, 9.17) is 0 Å². The minimum absolute atomic E-state index is 0.0226. The molecular weight excluding hydrogens is 412 g/mol. The lowest BCUT2D eigenvalue weighted by Gasteiger charge is -2.37. The molecule has 1 aromatic carbocycles. The van der Waals surface area contributed by atoms with Crippen LogP contribution >= 0.6 is 0 Å². The Labute approximate surface area is 158 Å². The largest absolute Gasteiger partial charge is 0.416 e. The average Bonchev–Trinajstić information content (AvgIpc) is 3.04. The highest BCUT2D eigenvalue weighted by Crippen LogP contribution is 2.38. The molecule has 11 heteroatoms. The van der Waals surface area contributed by atoms with Gasteiger partial charge in [-0.3, -0.25) is 4.79 Å². The number of H-pyrrole nitrogens is 1. The zero-order chi connectivity index (χ0) is 21.6. The van der Waals surface area contributed by atoms with Crippen LogP contribution in [-0.4, -0.2) is 34.8 Å². The number of hydrogen-bond donors (Lipinski definition) is 1. The van der Waals surface area contributed by atoms with Gasteiger partial charge in [0.1, 0.15) is 0 Å². The van der Waals surface area contributed by atoms with Gasteiger partial charge < -0.3 is 9.88 Å². The van der Waals surface area contributed by atoms with Gasteiger partial charge in [-0.2, -0.15) is 26.3 Å². The van der Waals surface area contributed by atoms with Crippen molar-refractivity contribution in [1.29, 1.82) is 0 Å². The summed E-state index contributed by atoms with van der Waals surface area (Å²) in [4.78, 5) is 15.2. The molecule has 0 radical (unpaired) electrons. The molecule has 2 aromatic rings. The number of benzene rings is 1. The Kier molecular flexibility index (Phi) is 4.96. The highest BCUT2D eigenvalue weighted by Gasteiger charge is 2.45. The highest BCUT2D eigenvalue weighted by atomic mass is 19.4. The number of carbonyl (C=O) groups is 1. The zero-order valence-electron chi connectivity index (χ0n) is 14.3. The fraction of sp³-hybridized carbons (Fsp3) is 0.278. The number of halogens is 8. The van der Waals surface area contributed by atoms with Gasteiger partial charge >= 0.3 is 12.4 Å². The van der Waals surface area contributed by atoms with Crippen molar-refractivity contribution in [2.75, 3.05) is 13.1 Å². The van der Waals surface area contributed by atoms with Gasteiger partial charge in [-0.25, -0.2) is 8.78 Å². The summed E-state index contributed by atoms with van der Waals surface area (Å²) >= 11 is 0. The van der Waals surface area contributed by atoms with Crippen LogP contribution in [-0.2, 0) is 17.1 Å². The van der Waals surface area contributed by atoms with Gasteiger partial charge in [0, 0.05) is 18.0 Å².